The zero-order valence-electron chi connectivity index (χ0n) is 18.9. The van der Waals surface area contributed by atoms with E-state index in [2.05, 4.69) is 13.9 Å². The lowest BCUT2D eigenvalue weighted by atomic mass is 10.1. The maximum atomic E-state index is 13.2. The van der Waals surface area contributed by atoms with E-state index in [9.17, 15) is 9.18 Å². The lowest BCUT2D eigenvalue weighted by molar-refractivity contribution is 0.0475. The summed E-state index contributed by atoms with van der Waals surface area (Å²) in [5.74, 6) is 0.895. The van der Waals surface area contributed by atoms with Gasteiger partial charge < -0.3 is 14.2 Å². The summed E-state index contributed by atoms with van der Waals surface area (Å²) in [6, 6.07) is 15.5. The first kappa shape index (κ1) is 22.4. The van der Waals surface area contributed by atoms with Gasteiger partial charge in [0.05, 0.1) is 24.5 Å². The van der Waals surface area contributed by atoms with Gasteiger partial charge in [0.15, 0.2) is 16.7 Å². The van der Waals surface area contributed by atoms with Crippen LogP contribution in [0.5, 0.6) is 0 Å². The van der Waals surface area contributed by atoms with Crippen LogP contribution >= 0.6 is 11.5 Å². The molecule has 2 atom stereocenters. The van der Waals surface area contributed by atoms with Gasteiger partial charge in [-0.25, -0.2) is 14.4 Å². The molecule has 7 nitrogen and oxygen atoms in total. The highest BCUT2D eigenvalue weighted by Gasteiger charge is 2.31. The number of halogens is 1. The zero-order valence-corrected chi connectivity index (χ0v) is 19.7. The number of carbonyl (C=O) groups excluding carboxylic acids is 1. The molecule has 0 N–H and O–H groups in total. The van der Waals surface area contributed by atoms with Crippen molar-refractivity contribution in [2.45, 2.75) is 39.1 Å². The largest absolute Gasteiger partial charge is 0.366 e. The number of fused-ring (bicyclic) bond motifs is 1. The Morgan fingerprint density at radius 2 is 1.94 bits per heavy atom. The van der Waals surface area contributed by atoms with Gasteiger partial charge in [-0.3, -0.25) is 4.79 Å². The van der Waals surface area contributed by atoms with Gasteiger partial charge >= 0.3 is 0 Å². The van der Waals surface area contributed by atoms with Crippen LogP contribution in [0.4, 0.5) is 4.39 Å². The summed E-state index contributed by atoms with van der Waals surface area (Å²) in [6.07, 6.45) is 1.55. The van der Waals surface area contributed by atoms with E-state index in [1.165, 1.54) is 35.8 Å². The highest BCUT2D eigenvalue weighted by molar-refractivity contribution is 7.09. The molecule has 2 aromatic heterocycles. The first-order valence-corrected chi connectivity index (χ1v) is 11.9. The second-order valence-electron chi connectivity index (χ2n) is 8.24. The first-order chi connectivity index (χ1) is 16.5. The van der Waals surface area contributed by atoms with Crippen molar-refractivity contribution in [2.75, 3.05) is 6.54 Å². The summed E-state index contributed by atoms with van der Waals surface area (Å²) in [7, 11) is 0. The van der Waals surface area contributed by atoms with Crippen LogP contribution in [-0.2, 0) is 17.9 Å². The molecule has 4 aromatic rings. The molecule has 1 aliphatic rings. The molecular formula is C25H24FN5O2S. The Labute approximate surface area is 201 Å². The summed E-state index contributed by atoms with van der Waals surface area (Å²) < 4.78 is 25.8. The number of hydrogen-bond acceptors (Lipinski definition) is 6. The SMILES string of the molecule is CC1c2cnc(-c3nc([C@H](C)OCc4ccccc4)ns3)n2CCN1C(=O)c1ccc(F)cc1. The molecule has 1 unspecified atom stereocenters. The van der Waals surface area contributed by atoms with Gasteiger partial charge in [0.1, 0.15) is 11.9 Å². The molecule has 0 saturated heterocycles. The Bertz CT molecular complexity index is 1290. The summed E-state index contributed by atoms with van der Waals surface area (Å²) >= 11 is 1.30. The topological polar surface area (TPSA) is 73.1 Å². The quantitative estimate of drug-likeness (QED) is 0.389. The van der Waals surface area contributed by atoms with Crippen molar-refractivity contribution >= 4 is 17.4 Å². The number of ether oxygens (including phenoxy) is 1. The van der Waals surface area contributed by atoms with Crippen LogP contribution in [0.1, 0.15) is 53.4 Å². The van der Waals surface area contributed by atoms with Crippen molar-refractivity contribution in [3.63, 3.8) is 0 Å². The predicted molar refractivity (Wildman–Crippen MR) is 127 cm³/mol. The smallest absolute Gasteiger partial charge is 0.254 e. The molecule has 34 heavy (non-hydrogen) atoms. The molecule has 0 saturated carbocycles. The molecule has 0 fully saturated rings. The number of carbonyl (C=O) groups is 1. The van der Waals surface area contributed by atoms with E-state index in [0.29, 0.717) is 31.1 Å². The number of amides is 1. The maximum Gasteiger partial charge on any atom is 0.254 e. The highest BCUT2D eigenvalue weighted by atomic mass is 32.1. The number of aromatic nitrogens is 4. The number of imidazole rings is 1. The van der Waals surface area contributed by atoms with Crippen molar-refractivity contribution in [2.24, 2.45) is 0 Å². The van der Waals surface area contributed by atoms with Gasteiger partial charge in [0.25, 0.3) is 5.91 Å². The monoisotopic (exact) mass is 477 g/mol. The molecule has 0 bridgehead atoms. The standard InChI is InChI=1S/C25H24FN5O2S/c1-16-21-14-27-23(31(21)13-12-30(16)25(32)19-8-10-20(26)11-9-19)24-28-22(29-34-24)17(2)33-15-18-6-4-3-5-7-18/h3-11,14,16-17H,12-13,15H2,1-2H3/t16?,17-/m0/s1. The van der Waals surface area contributed by atoms with E-state index in [4.69, 9.17) is 9.72 Å². The molecule has 5 rings (SSSR count). The summed E-state index contributed by atoms with van der Waals surface area (Å²) in [5.41, 5.74) is 2.50. The molecule has 9 heteroatoms. The zero-order chi connectivity index (χ0) is 23.7. The van der Waals surface area contributed by atoms with Crippen LogP contribution in [0.2, 0.25) is 0 Å². The minimum absolute atomic E-state index is 0.121. The van der Waals surface area contributed by atoms with Crippen molar-refractivity contribution in [1.29, 1.82) is 0 Å². The molecule has 3 heterocycles. The summed E-state index contributed by atoms with van der Waals surface area (Å²) in [6.45, 7) is 5.53. The van der Waals surface area contributed by atoms with Crippen molar-refractivity contribution in [3.05, 3.63) is 89.3 Å². The molecule has 174 valence electrons. The van der Waals surface area contributed by atoms with Crippen LogP contribution in [0, 0.1) is 5.82 Å². The fourth-order valence-electron chi connectivity index (χ4n) is 4.09. The van der Waals surface area contributed by atoms with Gasteiger partial charge in [0.2, 0.25) is 0 Å². The molecular weight excluding hydrogens is 453 g/mol. The van der Waals surface area contributed by atoms with E-state index in [-0.39, 0.29) is 23.9 Å². The van der Waals surface area contributed by atoms with E-state index >= 15 is 0 Å². The Kier molecular flexibility index (Phi) is 6.21. The van der Waals surface area contributed by atoms with Crippen molar-refractivity contribution in [1.82, 2.24) is 23.8 Å². The van der Waals surface area contributed by atoms with E-state index < -0.39 is 0 Å². The number of benzene rings is 2. The van der Waals surface area contributed by atoms with E-state index in [0.717, 1.165) is 22.1 Å². The van der Waals surface area contributed by atoms with Crippen LogP contribution in [0.3, 0.4) is 0 Å². The minimum atomic E-state index is -0.359. The average molecular weight is 478 g/mol. The molecule has 2 aromatic carbocycles. The van der Waals surface area contributed by atoms with Gasteiger partial charge in [-0.2, -0.15) is 4.37 Å². The molecule has 1 aliphatic heterocycles. The van der Waals surface area contributed by atoms with Crippen LogP contribution in [0.25, 0.3) is 10.8 Å². The Morgan fingerprint density at radius 1 is 1.18 bits per heavy atom. The first-order valence-electron chi connectivity index (χ1n) is 11.1. The average Bonchev–Trinajstić information content (AvgIpc) is 3.51. The number of hydrogen-bond donors (Lipinski definition) is 0. The summed E-state index contributed by atoms with van der Waals surface area (Å²) in [5, 5.41) is 0.724. The van der Waals surface area contributed by atoms with Gasteiger partial charge in [-0.15, -0.1) is 0 Å². The van der Waals surface area contributed by atoms with Crippen LogP contribution in [0.15, 0.2) is 60.8 Å². The van der Waals surface area contributed by atoms with E-state index in [1.54, 1.807) is 11.1 Å². The van der Waals surface area contributed by atoms with Gasteiger partial charge in [-0.05, 0) is 55.2 Å². The normalized spacial score (nSPS) is 16.3. The van der Waals surface area contributed by atoms with Crippen molar-refractivity contribution < 1.29 is 13.9 Å². The summed E-state index contributed by atoms with van der Waals surface area (Å²) in [4.78, 5) is 24.1. The minimum Gasteiger partial charge on any atom is -0.366 e. The van der Waals surface area contributed by atoms with E-state index in [1.807, 2.05) is 44.2 Å². The molecule has 1 amide bonds. The molecule has 0 spiro atoms. The lowest BCUT2D eigenvalue weighted by Crippen LogP contribution is -2.41. The predicted octanol–water partition coefficient (Wildman–Crippen LogP) is 5.04. The van der Waals surface area contributed by atoms with Gasteiger partial charge in [-0.1, -0.05) is 30.3 Å². The highest BCUT2D eigenvalue weighted by Crippen LogP contribution is 2.32. The second-order valence-corrected chi connectivity index (χ2v) is 8.99. The lowest BCUT2D eigenvalue weighted by Gasteiger charge is -2.35. The number of rotatable bonds is 6. The third-order valence-electron chi connectivity index (χ3n) is 6.04. The Hall–Kier alpha value is -3.43. The second kappa shape index (κ2) is 9.44. The molecule has 0 aliphatic carbocycles. The van der Waals surface area contributed by atoms with Crippen LogP contribution < -0.4 is 0 Å². The molecule has 0 radical (unpaired) electrons. The van der Waals surface area contributed by atoms with Gasteiger partial charge in [0, 0.05) is 18.7 Å². The van der Waals surface area contributed by atoms with Crippen molar-refractivity contribution in [3.8, 4) is 10.8 Å². The fourth-order valence-corrected chi connectivity index (χ4v) is 4.83. The number of nitrogens with zero attached hydrogens (tertiary/aromatic N) is 5. The Morgan fingerprint density at radius 3 is 2.71 bits per heavy atom. The third kappa shape index (κ3) is 4.36. The van der Waals surface area contributed by atoms with Crippen LogP contribution in [-0.4, -0.2) is 36.3 Å². The third-order valence-corrected chi connectivity index (χ3v) is 6.76. The maximum absolute atomic E-state index is 13.2. The Balaban J connectivity index is 1.30. The fraction of sp³-hybridized carbons (Fsp3) is 0.280.